The maximum Gasteiger partial charge on any atom is 0.358 e. The summed E-state index contributed by atoms with van der Waals surface area (Å²) in [6.07, 6.45) is 0.981. The summed E-state index contributed by atoms with van der Waals surface area (Å²) in [6, 6.07) is 8.84. The fourth-order valence-electron chi connectivity index (χ4n) is 2.18. The predicted molar refractivity (Wildman–Crippen MR) is 67.5 cm³/mol. The van der Waals surface area contributed by atoms with Crippen molar-refractivity contribution in [1.29, 1.82) is 0 Å². The molecule has 18 heavy (non-hydrogen) atoms. The summed E-state index contributed by atoms with van der Waals surface area (Å²) >= 11 is 0. The number of hydrogen-bond donors (Lipinski definition) is 1. The van der Waals surface area contributed by atoms with Crippen LogP contribution in [0.1, 0.15) is 31.4 Å². The van der Waals surface area contributed by atoms with Crippen LogP contribution in [-0.2, 0) is 9.63 Å². The van der Waals surface area contributed by atoms with Gasteiger partial charge in [0.2, 0.25) is 0 Å². The van der Waals surface area contributed by atoms with Crippen LogP contribution in [0.25, 0.3) is 0 Å². The van der Waals surface area contributed by atoms with E-state index >= 15 is 0 Å². The second-order valence-corrected chi connectivity index (χ2v) is 4.86. The van der Waals surface area contributed by atoms with Gasteiger partial charge in [0.25, 0.3) is 0 Å². The minimum absolute atomic E-state index is 0.528. The number of hydroxylamine groups is 2. The summed E-state index contributed by atoms with van der Waals surface area (Å²) in [5.41, 5.74) is 0.563. The van der Waals surface area contributed by atoms with Crippen LogP contribution >= 0.6 is 0 Å². The number of benzene rings is 1. The summed E-state index contributed by atoms with van der Waals surface area (Å²) in [5.74, 6) is -0.0734. The van der Waals surface area contributed by atoms with Gasteiger partial charge >= 0.3 is 5.97 Å². The van der Waals surface area contributed by atoms with E-state index in [2.05, 4.69) is 6.92 Å². The number of piperidine rings is 1. The number of aliphatic hydroxyl groups excluding tert-OH is 1. The van der Waals surface area contributed by atoms with E-state index in [1.807, 2.05) is 6.07 Å². The Morgan fingerprint density at radius 2 is 2.17 bits per heavy atom. The molecule has 1 aliphatic heterocycles. The molecule has 1 saturated heterocycles. The molecule has 1 fully saturated rings. The number of nitrogens with zero attached hydrogens (tertiary/aromatic N) is 1. The lowest BCUT2D eigenvalue weighted by Gasteiger charge is -2.29. The molecule has 1 aliphatic rings. The van der Waals surface area contributed by atoms with Gasteiger partial charge in [-0.05, 0) is 24.3 Å². The molecule has 0 radical (unpaired) electrons. The van der Waals surface area contributed by atoms with Crippen LogP contribution in [0.5, 0.6) is 0 Å². The van der Waals surface area contributed by atoms with Crippen LogP contribution in [0.3, 0.4) is 0 Å². The van der Waals surface area contributed by atoms with E-state index in [-0.39, 0.29) is 0 Å². The van der Waals surface area contributed by atoms with Crippen molar-refractivity contribution >= 4 is 5.97 Å². The summed E-state index contributed by atoms with van der Waals surface area (Å²) in [4.78, 5) is 17.0. The third-order valence-corrected chi connectivity index (χ3v) is 3.18. The van der Waals surface area contributed by atoms with Gasteiger partial charge < -0.3 is 9.94 Å². The highest BCUT2D eigenvalue weighted by Gasteiger charge is 2.24. The molecule has 1 unspecified atom stereocenters. The molecule has 1 aromatic rings. The molecule has 4 nitrogen and oxygen atoms in total. The van der Waals surface area contributed by atoms with Crippen molar-refractivity contribution in [2.75, 3.05) is 13.1 Å². The fraction of sp³-hybridized carbons (Fsp3) is 0.500. The number of rotatable bonds is 3. The molecule has 0 aromatic heterocycles. The number of aliphatic hydroxyl groups is 1. The van der Waals surface area contributed by atoms with E-state index in [1.54, 1.807) is 29.3 Å². The highest BCUT2D eigenvalue weighted by Crippen LogP contribution is 2.19. The standard InChI is InChI=1S/C14H19NO3/c1-11-6-5-9-15(10-11)18-14(17)13(16)12-7-3-2-4-8-12/h2-4,7-8,11,13,16H,5-6,9-10H2,1H3/t11?,13-/m1/s1. The van der Waals surface area contributed by atoms with Crippen LogP contribution in [0.4, 0.5) is 0 Å². The largest absolute Gasteiger partial charge is 0.377 e. The average Bonchev–Trinajstić information content (AvgIpc) is 2.39. The third kappa shape index (κ3) is 3.31. The molecule has 2 rings (SSSR count). The van der Waals surface area contributed by atoms with Gasteiger partial charge in [-0.1, -0.05) is 37.3 Å². The van der Waals surface area contributed by atoms with Crippen LogP contribution in [-0.4, -0.2) is 29.2 Å². The Morgan fingerprint density at radius 1 is 1.44 bits per heavy atom. The lowest BCUT2D eigenvalue weighted by atomic mass is 10.0. The first kappa shape index (κ1) is 13.1. The second kappa shape index (κ2) is 5.98. The zero-order valence-electron chi connectivity index (χ0n) is 10.6. The highest BCUT2D eigenvalue weighted by atomic mass is 16.7. The third-order valence-electron chi connectivity index (χ3n) is 3.18. The van der Waals surface area contributed by atoms with Crippen LogP contribution < -0.4 is 0 Å². The number of carbonyl (C=O) groups excluding carboxylic acids is 1. The Morgan fingerprint density at radius 3 is 2.83 bits per heavy atom. The molecule has 1 N–H and O–H groups in total. The molecule has 0 saturated carbocycles. The van der Waals surface area contributed by atoms with Crippen LogP contribution in [0, 0.1) is 5.92 Å². The number of hydrogen-bond acceptors (Lipinski definition) is 4. The van der Waals surface area contributed by atoms with E-state index in [0.29, 0.717) is 11.5 Å². The molecular weight excluding hydrogens is 230 g/mol. The van der Waals surface area contributed by atoms with Crippen molar-refractivity contribution in [3.63, 3.8) is 0 Å². The van der Waals surface area contributed by atoms with Crippen molar-refractivity contribution in [2.24, 2.45) is 5.92 Å². The van der Waals surface area contributed by atoms with E-state index in [0.717, 1.165) is 25.9 Å². The van der Waals surface area contributed by atoms with Gasteiger partial charge in [-0.25, -0.2) is 4.79 Å². The van der Waals surface area contributed by atoms with Crippen LogP contribution in [0.2, 0.25) is 0 Å². The lowest BCUT2D eigenvalue weighted by Crippen LogP contribution is -2.37. The second-order valence-electron chi connectivity index (χ2n) is 4.86. The molecule has 0 aliphatic carbocycles. The van der Waals surface area contributed by atoms with E-state index in [4.69, 9.17) is 4.84 Å². The molecule has 2 atom stereocenters. The van der Waals surface area contributed by atoms with Gasteiger partial charge in [-0.15, -0.1) is 5.06 Å². The zero-order valence-corrected chi connectivity index (χ0v) is 10.6. The number of carbonyl (C=O) groups is 1. The molecule has 98 valence electrons. The van der Waals surface area contributed by atoms with Gasteiger partial charge in [-0.3, -0.25) is 0 Å². The van der Waals surface area contributed by atoms with Crippen molar-refractivity contribution in [1.82, 2.24) is 5.06 Å². The fourth-order valence-corrected chi connectivity index (χ4v) is 2.18. The normalized spacial score (nSPS) is 22.4. The van der Waals surface area contributed by atoms with Gasteiger partial charge in [0, 0.05) is 13.1 Å². The zero-order chi connectivity index (χ0) is 13.0. The van der Waals surface area contributed by atoms with E-state index in [1.165, 1.54) is 0 Å². The Labute approximate surface area is 107 Å². The first-order valence-electron chi connectivity index (χ1n) is 6.36. The maximum atomic E-state index is 11.8. The summed E-state index contributed by atoms with van der Waals surface area (Å²) in [5, 5.41) is 11.5. The van der Waals surface area contributed by atoms with Gasteiger partial charge in [0.1, 0.15) is 0 Å². The molecule has 0 spiro atoms. The molecule has 1 heterocycles. The van der Waals surface area contributed by atoms with Gasteiger partial charge in [0.05, 0.1) is 0 Å². The van der Waals surface area contributed by atoms with Crippen LogP contribution in [0.15, 0.2) is 30.3 Å². The monoisotopic (exact) mass is 249 g/mol. The first-order chi connectivity index (χ1) is 8.66. The van der Waals surface area contributed by atoms with Gasteiger partial charge in [-0.2, -0.15) is 0 Å². The van der Waals surface area contributed by atoms with Gasteiger partial charge in [0.15, 0.2) is 6.10 Å². The lowest BCUT2D eigenvalue weighted by molar-refractivity contribution is -0.207. The molecule has 0 bridgehead atoms. The Kier molecular flexibility index (Phi) is 4.33. The van der Waals surface area contributed by atoms with Crippen molar-refractivity contribution < 1.29 is 14.7 Å². The highest BCUT2D eigenvalue weighted by molar-refractivity contribution is 5.75. The SMILES string of the molecule is CC1CCCN(OC(=O)[C@H](O)c2ccccc2)C1. The minimum Gasteiger partial charge on any atom is -0.377 e. The van der Waals surface area contributed by atoms with E-state index < -0.39 is 12.1 Å². The van der Waals surface area contributed by atoms with Crippen molar-refractivity contribution in [3.8, 4) is 0 Å². The molecule has 0 amide bonds. The van der Waals surface area contributed by atoms with Crippen molar-refractivity contribution in [3.05, 3.63) is 35.9 Å². The summed E-state index contributed by atoms with van der Waals surface area (Å²) < 4.78 is 0. The predicted octanol–water partition coefficient (Wildman–Crippen LogP) is 1.91. The summed E-state index contributed by atoms with van der Waals surface area (Å²) in [6.45, 7) is 3.62. The maximum absolute atomic E-state index is 11.8. The Balaban J connectivity index is 1.91. The van der Waals surface area contributed by atoms with E-state index in [9.17, 15) is 9.90 Å². The smallest absolute Gasteiger partial charge is 0.358 e. The van der Waals surface area contributed by atoms with Crippen molar-refractivity contribution in [2.45, 2.75) is 25.9 Å². The first-order valence-corrected chi connectivity index (χ1v) is 6.36. The molecule has 1 aromatic carbocycles. The quantitative estimate of drug-likeness (QED) is 0.889. The minimum atomic E-state index is -1.21. The Hall–Kier alpha value is -1.39. The average molecular weight is 249 g/mol. The topological polar surface area (TPSA) is 49.8 Å². The Bertz CT molecular complexity index is 393. The molecule has 4 heteroatoms. The summed E-state index contributed by atoms with van der Waals surface area (Å²) in [7, 11) is 0. The molecular formula is C14H19NO3.